The molecular formula is C34H34N6. The van der Waals surface area contributed by atoms with E-state index in [1.54, 1.807) is 18.6 Å². The Morgan fingerprint density at radius 1 is 0.900 bits per heavy atom. The van der Waals surface area contributed by atoms with E-state index in [0.717, 1.165) is 68.4 Å². The van der Waals surface area contributed by atoms with Crippen LogP contribution in [0.2, 0.25) is 0 Å². The number of anilines is 4. The number of aryl methyl sites for hydroxylation is 1. The number of hydrogen-bond acceptors (Lipinski definition) is 6. The molecule has 0 aliphatic heterocycles. The molecule has 3 N–H and O–H groups in total. The normalized spacial score (nSPS) is 13.9. The molecule has 2 aromatic heterocycles. The molecule has 0 atom stereocenters. The average Bonchev–Trinajstić information content (AvgIpc) is 3.23. The first-order valence-electron chi connectivity index (χ1n) is 13.2. The molecule has 0 amide bonds. The van der Waals surface area contributed by atoms with Crippen molar-refractivity contribution in [3.05, 3.63) is 133 Å². The van der Waals surface area contributed by atoms with Gasteiger partial charge in [0, 0.05) is 52.6 Å². The Kier molecular flexibility index (Phi) is 7.34. The molecule has 0 saturated carbocycles. The minimum atomic E-state index is 0.108. The second kappa shape index (κ2) is 11.0. The van der Waals surface area contributed by atoms with E-state index in [1.807, 2.05) is 55.5 Å². The maximum Gasteiger partial charge on any atom is 0.227 e. The molecule has 2 heterocycles. The van der Waals surface area contributed by atoms with Crippen LogP contribution in [0.25, 0.3) is 17.0 Å². The Balaban J connectivity index is 1.25. The molecule has 2 aromatic carbocycles. The number of nitrogens with zero attached hydrogens (tertiary/aromatic N) is 3. The number of pyridine rings is 1. The van der Waals surface area contributed by atoms with Gasteiger partial charge in [0.25, 0.3) is 0 Å². The Hall–Kier alpha value is -4.97. The van der Waals surface area contributed by atoms with Gasteiger partial charge in [-0.1, -0.05) is 51.8 Å². The summed E-state index contributed by atoms with van der Waals surface area (Å²) in [4.78, 5) is 13.2. The van der Waals surface area contributed by atoms with Gasteiger partial charge in [0.15, 0.2) is 0 Å². The second-order valence-corrected chi connectivity index (χ2v) is 10.8. The van der Waals surface area contributed by atoms with Gasteiger partial charge < -0.3 is 16.0 Å². The van der Waals surface area contributed by atoms with Gasteiger partial charge in [0.1, 0.15) is 0 Å². The van der Waals surface area contributed by atoms with Gasteiger partial charge in [0.05, 0.1) is 5.69 Å². The largest absolute Gasteiger partial charge is 0.356 e. The van der Waals surface area contributed by atoms with E-state index in [9.17, 15) is 0 Å². The van der Waals surface area contributed by atoms with E-state index in [0.29, 0.717) is 5.95 Å². The van der Waals surface area contributed by atoms with Crippen LogP contribution in [0.15, 0.2) is 122 Å². The standard InChI is InChI=1S/C34H34N6/c1-22-17-29(12-13-31(22)39-33-36-16-14-32(40-33)27-10-8-15-35-21-27)37-24(3)26-9-7-11-28(18-26)38-25(4)30-20-34(5,6)19-23(30)2/h7-18,20-21,37-38H,2-4,19H2,1,5-6H3,(H,36,39,40). The smallest absolute Gasteiger partial charge is 0.227 e. The molecular weight excluding hydrogens is 492 g/mol. The molecule has 0 bridgehead atoms. The molecule has 0 spiro atoms. The number of allylic oxidation sites excluding steroid dienone is 2. The van der Waals surface area contributed by atoms with Crippen LogP contribution in [0.3, 0.4) is 0 Å². The van der Waals surface area contributed by atoms with Crippen LogP contribution in [-0.4, -0.2) is 15.0 Å². The molecule has 6 heteroatoms. The molecule has 0 fully saturated rings. The van der Waals surface area contributed by atoms with Gasteiger partial charge in [-0.05, 0) is 89.6 Å². The van der Waals surface area contributed by atoms with Gasteiger partial charge in [0.2, 0.25) is 5.95 Å². The summed E-state index contributed by atoms with van der Waals surface area (Å²) in [5.74, 6) is 0.529. The lowest BCUT2D eigenvalue weighted by molar-refractivity contribution is 0.500. The molecule has 6 nitrogen and oxygen atoms in total. The molecule has 200 valence electrons. The highest BCUT2D eigenvalue weighted by Crippen LogP contribution is 2.41. The fraction of sp³-hybridized carbons (Fsp3) is 0.147. The van der Waals surface area contributed by atoms with Gasteiger partial charge in [-0.25, -0.2) is 9.97 Å². The first-order valence-corrected chi connectivity index (χ1v) is 13.2. The zero-order valence-electron chi connectivity index (χ0n) is 23.3. The maximum atomic E-state index is 4.64. The number of benzene rings is 2. The first-order chi connectivity index (χ1) is 19.2. The van der Waals surface area contributed by atoms with E-state index >= 15 is 0 Å². The predicted molar refractivity (Wildman–Crippen MR) is 167 cm³/mol. The summed E-state index contributed by atoms with van der Waals surface area (Å²) in [6, 6.07) is 20.0. The van der Waals surface area contributed by atoms with Crippen LogP contribution in [0, 0.1) is 12.3 Å². The number of nitrogens with one attached hydrogen (secondary N) is 3. The quantitative estimate of drug-likeness (QED) is 0.203. The molecule has 0 unspecified atom stereocenters. The molecule has 0 saturated heterocycles. The van der Waals surface area contributed by atoms with Crippen molar-refractivity contribution in [2.75, 3.05) is 16.0 Å². The van der Waals surface area contributed by atoms with E-state index in [4.69, 9.17) is 0 Å². The summed E-state index contributed by atoms with van der Waals surface area (Å²) in [5, 5.41) is 10.2. The van der Waals surface area contributed by atoms with Crippen LogP contribution < -0.4 is 16.0 Å². The molecule has 4 aromatic rings. The predicted octanol–water partition coefficient (Wildman–Crippen LogP) is 8.51. The number of hydrogen-bond donors (Lipinski definition) is 3. The van der Waals surface area contributed by atoms with Gasteiger partial charge in [-0.2, -0.15) is 0 Å². The van der Waals surface area contributed by atoms with Crippen molar-refractivity contribution in [2.45, 2.75) is 27.2 Å². The van der Waals surface area contributed by atoms with Crippen molar-refractivity contribution in [1.82, 2.24) is 15.0 Å². The Labute approximate surface area is 236 Å². The lowest BCUT2D eigenvalue weighted by Crippen LogP contribution is -2.03. The summed E-state index contributed by atoms with van der Waals surface area (Å²) in [6.07, 6.45) is 8.47. The highest BCUT2D eigenvalue weighted by Gasteiger charge is 2.27. The third-order valence-electron chi connectivity index (χ3n) is 6.80. The van der Waals surface area contributed by atoms with Crippen molar-refractivity contribution >= 4 is 28.7 Å². The Bertz CT molecular complexity index is 1630. The summed E-state index contributed by atoms with van der Waals surface area (Å²) in [6.45, 7) is 19.3. The number of aromatic nitrogens is 3. The molecule has 40 heavy (non-hydrogen) atoms. The van der Waals surface area contributed by atoms with Crippen LogP contribution in [0.4, 0.5) is 23.0 Å². The van der Waals surface area contributed by atoms with E-state index in [-0.39, 0.29) is 5.41 Å². The first kappa shape index (κ1) is 26.6. The summed E-state index contributed by atoms with van der Waals surface area (Å²) >= 11 is 0. The minimum Gasteiger partial charge on any atom is -0.356 e. The Morgan fingerprint density at radius 2 is 1.70 bits per heavy atom. The summed E-state index contributed by atoms with van der Waals surface area (Å²) in [5.41, 5.74) is 10.6. The van der Waals surface area contributed by atoms with Crippen molar-refractivity contribution in [1.29, 1.82) is 0 Å². The zero-order chi connectivity index (χ0) is 28.3. The molecule has 1 aliphatic rings. The minimum absolute atomic E-state index is 0.108. The van der Waals surface area contributed by atoms with Crippen LogP contribution in [0.1, 0.15) is 31.4 Å². The van der Waals surface area contributed by atoms with Gasteiger partial charge in [-0.3, -0.25) is 4.98 Å². The van der Waals surface area contributed by atoms with Crippen LogP contribution in [0.5, 0.6) is 0 Å². The fourth-order valence-electron chi connectivity index (χ4n) is 4.86. The van der Waals surface area contributed by atoms with Crippen molar-refractivity contribution in [2.24, 2.45) is 5.41 Å². The van der Waals surface area contributed by atoms with Crippen molar-refractivity contribution in [3.63, 3.8) is 0 Å². The average molecular weight is 527 g/mol. The van der Waals surface area contributed by atoms with Crippen LogP contribution in [-0.2, 0) is 0 Å². The lowest BCUT2D eigenvalue weighted by Gasteiger charge is -2.16. The van der Waals surface area contributed by atoms with Gasteiger partial charge >= 0.3 is 0 Å². The van der Waals surface area contributed by atoms with E-state index in [1.165, 1.54) is 0 Å². The van der Waals surface area contributed by atoms with Crippen molar-refractivity contribution < 1.29 is 0 Å². The van der Waals surface area contributed by atoms with E-state index < -0.39 is 0 Å². The summed E-state index contributed by atoms with van der Waals surface area (Å²) in [7, 11) is 0. The monoisotopic (exact) mass is 526 g/mol. The van der Waals surface area contributed by atoms with Crippen LogP contribution >= 0.6 is 0 Å². The third-order valence-corrected chi connectivity index (χ3v) is 6.80. The second-order valence-electron chi connectivity index (χ2n) is 10.8. The fourth-order valence-corrected chi connectivity index (χ4v) is 4.86. The van der Waals surface area contributed by atoms with Crippen molar-refractivity contribution in [3.8, 4) is 11.3 Å². The van der Waals surface area contributed by atoms with E-state index in [2.05, 4.69) is 82.7 Å². The zero-order valence-corrected chi connectivity index (χ0v) is 23.3. The molecule has 0 radical (unpaired) electrons. The summed E-state index contributed by atoms with van der Waals surface area (Å²) < 4.78 is 0. The highest BCUT2D eigenvalue weighted by molar-refractivity contribution is 5.78. The molecule has 1 aliphatic carbocycles. The third kappa shape index (κ3) is 6.18. The highest BCUT2D eigenvalue weighted by atomic mass is 15.1. The number of rotatable bonds is 9. The molecule has 5 rings (SSSR count). The topological polar surface area (TPSA) is 74.8 Å². The maximum absolute atomic E-state index is 4.64. The lowest BCUT2D eigenvalue weighted by atomic mass is 9.93. The Morgan fingerprint density at radius 3 is 2.42 bits per heavy atom. The SMILES string of the molecule is C=C1CC(C)(C)C=C1C(=C)Nc1cccc(C(=C)Nc2ccc(Nc3nccc(-c4cccnc4)n3)c(C)c2)c1. The van der Waals surface area contributed by atoms with Gasteiger partial charge in [-0.15, -0.1) is 0 Å².